The maximum absolute atomic E-state index is 5.94. The SMILES string of the molecule is Cc1nc(C2(N)CC2)cnc1Cl. The second kappa shape index (κ2) is 2.41. The van der Waals surface area contributed by atoms with Crippen LogP contribution in [0.3, 0.4) is 0 Å². The predicted molar refractivity (Wildman–Crippen MR) is 46.9 cm³/mol. The first-order chi connectivity index (χ1) is 5.62. The Balaban J connectivity index is 2.41. The summed E-state index contributed by atoms with van der Waals surface area (Å²) in [7, 11) is 0. The molecule has 0 spiro atoms. The number of rotatable bonds is 1. The van der Waals surface area contributed by atoms with Crippen molar-refractivity contribution >= 4 is 11.6 Å². The van der Waals surface area contributed by atoms with Crippen LogP contribution in [0.2, 0.25) is 5.15 Å². The normalized spacial score (nSPS) is 19.2. The highest BCUT2D eigenvalue weighted by atomic mass is 35.5. The predicted octanol–water partition coefficient (Wildman–Crippen LogP) is 1.39. The maximum Gasteiger partial charge on any atom is 0.150 e. The van der Waals surface area contributed by atoms with Crippen molar-refractivity contribution in [3.05, 3.63) is 22.7 Å². The molecule has 12 heavy (non-hydrogen) atoms. The van der Waals surface area contributed by atoms with E-state index in [1.165, 1.54) is 0 Å². The van der Waals surface area contributed by atoms with Gasteiger partial charge in [-0.3, -0.25) is 4.98 Å². The van der Waals surface area contributed by atoms with Gasteiger partial charge in [-0.05, 0) is 19.8 Å². The van der Waals surface area contributed by atoms with Crippen molar-refractivity contribution < 1.29 is 0 Å². The second-order valence-electron chi connectivity index (χ2n) is 3.29. The first kappa shape index (κ1) is 7.95. The van der Waals surface area contributed by atoms with Crippen LogP contribution >= 0.6 is 11.6 Å². The average Bonchev–Trinajstić information content (AvgIpc) is 2.75. The van der Waals surface area contributed by atoms with Crippen LogP contribution < -0.4 is 5.73 Å². The Hall–Kier alpha value is -0.670. The van der Waals surface area contributed by atoms with Crippen molar-refractivity contribution in [1.29, 1.82) is 0 Å². The number of hydrogen-bond acceptors (Lipinski definition) is 3. The highest BCUT2D eigenvalue weighted by Crippen LogP contribution is 2.41. The summed E-state index contributed by atoms with van der Waals surface area (Å²) >= 11 is 5.74. The zero-order chi connectivity index (χ0) is 8.77. The minimum Gasteiger partial charge on any atom is -0.320 e. The summed E-state index contributed by atoms with van der Waals surface area (Å²) in [5.41, 5.74) is 7.36. The summed E-state index contributed by atoms with van der Waals surface area (Å²) < 4.78 is 0. The quantitative estimate of drug-likeness (QED) is 0.716. The van der Waals surface area contributed by atoms with Gasteiger partial charge in [-0.2, -0.15) is 0 Å². The fourth-order valence-electron chi connectivity index (χ4n) is 1.10. The van der Waals surface area contributed by atoms with Gasteiger partial charge in [0.05, 0.1) is 23.1 Å². The highest BCUT2D eigenvalue weighted by Gasteiger charge is 2.41. The molecule has 0 atom stereocenters. The molecule has 2 N–H and O–H groups in total. The van der Waals surface area contributed by atoms with Crippen molar-refractivity contribution in [3.8, 4) is 0 Å². The third-order valence-electron chi connectivity index (χ3n) is 2.19. The van der Waals surface area contributed by atoms with E-state index in [0.29, 0.717) is 5.15 Å². The van der Waals surface area contributed by atoms with Crippen LogP contribution in [0.15, 0.2) is 6.20 Å². The molecule has 1 aliphatic carbocycles. The summed E-state index contributed by atoms with van der Waals surface area (Å²) in [4.78, 5) is 8.30. The monoisotopic (exact) mass is 183 g/mol. The van der Waals surface area contributed by atoms with Crippen LogP contribution in [0.5, 0.6) is 0 Å². The Morgan fingerprint density at radius 1 is 1.58 bits per heavy atom. The van der Waals surface area contributed by atoms with Gasteiger partial charge in [-0.15, -0.1) is 0 Å². The molecule has 64 valence electrons. The smallest absolute Gasteiger partial charge is 0.150 e. The third-order valence-corrected chi connectivity index (χ3v) is 2.56. The lowest BCUT2D eigenvalue weighted by Crippen LogP contribution is -2.21. The van der Waals surface area contributed by atoms with E-state index in [1.54, 1.807) is 6.20 Å². The van der Waals surface area contributed by atoms with Gasteiger partial charge in [0.15, 0.2) is 0 Å². The lowest BCUT2D eigenvalue weighted by molar-refractivity contribution is 0.696. The van der Waals surface area contributed by atoms with Crippen molar-refractivity contribution in [2.45, 2.75) is 25.3 Å². The summed E-state index contributed by atoms with van der Waals surface area (Å²) in [6, 6.07) is 0. The molecule has 0 aliphatic heterocycles. The van der Waals surface area contributed by atoms with Crippen molar-refractivity contribution in [2.24, 2.45) is 5.73 Å². The van der Waals surface area contributed by atoms with Gasteiger partial charge >= 0.3 is 0 Å². The van der Waals surface area contributed by atoms with E-state index in [1.807, 2.05) is 6.92 Å². The summed E-state index contributed by atoms with van der Waals surface area (Å²) in [6.45, 7) is 1.84. The van der Waals surface area contributed by atoms with Gasteiger partial charge in [-0.25, -0.2) is 4.98 Å². The third kappa shape index (κ3) is 1.19. The average molecular weight is 184 g/mol. The second-order valence-corrected chi connectivity index (χ2v) is 3.65. The Morgan fingerprint density at radius 2 is 2.25 bits per heavy atom. The zero-order valence-corrected chi connectivity index (χ0v) is 7.60. The minimum atomic E-state index is -0.206. The molecule has 1 aromatic heterocycles. The Labute approximate surface area is 76.0 Å². The molecule has 3 nitrogen and oxygen atoms in total. The van der Waals surface area contributed by atoms with Gasteiger partial charge in [-0.1, -0.05) is 11.6 Å². The van der Waals surface area contributed by atoms with Crippen LogP contribution in [0.4, 0.5) is 0 Å². The molecule has 1 aliphatic rings. The number of nitrogens with zero attached hydrogens (tertiary/aromatic N) is 2. The van der Waals surface area contributed by atoms with Gasteiger partial charge in [0, 0.05) is 0 Å². The number of nitrogens with two attached hydrogens (primary N) is 1. The fourth-order valence-corrected chi connectivity index (χ4v) is 1.19. The number of aryl methyl sites for hydroxylation is 1. The molecule has 1 aromatic rings. The van der Waals surface area contributed by atoms with Gasteiger partial charge < -0.3 is 5.73 Å². The summed E-state index contributed by atoms with van der Waals surface area (Å²) in [6.07, 6.45) is 3.67. The Morgan fingerprint density at radius 3 is 2.75 bits per heavy atom. The van der Waals surface area contributed by atoms with E-state index in [4.69, 9.17) is 17.3 Å². The number of hydrogen-bond donors (Lipinski definition) is 1. The number of aromatic nitrogens is 2. The molecule has 4 heteroatoms. The molecular weight excluding hydrogens is 174 g/mol. The van der Waals surface area contributed by atoms with E-state index < -0.39 is 0 Å². The van der Waals surface area contributed by atoms with Crippen LogP contribution in [-0.2, 0) is 5.54 Å². The molecule has 2 rings (SSSR count). The first-order valence-electron chi connectivity index (χ1n) is 3.90. The molecule has 1 fully saturated rings. The van der Waals surface area contributed by atoms with Crippen molar-refractivity contribution in [1.82, 2.24) is 9.97 Å². The van der Waals surface area contributed by atoms with E-state index in [9.17, 15) is 0 Å². The Bertz CT molecular complexity index is 320. The van der Waals surface area contributed by atoms with E-state index in [0.717, 1.165) is 24.2 Å². The van der Waals surface area contributed by atoms with Crippen molar-refractivity contribution in [3.63, 3.8) is 0 Å². The van der Waals surface area contributed by atoms with Crippen LogP contribution in [0.25, 0.3) is 0 Å². The van der Waals surface area contributed by atoms with Gasteiger partial charge in [0.1, 0.15) is 5.15 Å². The Kier molecular flexibility index (Phi) is 1.59. The molecule has 1 saturated carbocycles. The molecule has 1 heterocycles. The highest BCUT2D eigenvalue weighted by molar-refractivity contribution is 6.29. The van der Waals surface area contributed by atoms with Crippen molar-refractivity contribution in [2.75, 3.05) is 0 Å². The fraction of sp³-hybridized carbons (Fsp3) is 0.500. The van der Waals surface area contributed by atoms with Crippen LogP contribution in [0.1, 0.15) is 24.2 Å². The van der Waals surface area contributed by atoms with E-state index in [-0.39, 0.29) is 5.54 Å². The van der Waals surface area contributed by atoms with Gasteiger partial charge in [0.2, 0.25) is 0 Å². The molecule has 0 bridgehead atoms. The van der Waals surface area contributed by atoms with Gasteiger partial charge in [0.25, 0.3) is 0 Å². The van der Waals surface area contributed by atoms with E-state index >= 15 is 0 Å². The number of halogens is 1. The lowest BCUT2D eigenvalue weighted by Gasteiger charge is -2.07. The summed E-state index contributed by atoms with van der Waals surface area (Å²) in [5, 5.41) is 0.461. The maximum atomic E-state index is 5.94. The van der Waals surface area contributed by atoms with Crippen LogP contribution in [0, 0.1) is 6.92 Å². The molecule has 0 radical (unpaired) electrons. The molecule has 0 unspecified atom stereocenters. The summed E-state index contributed by atoms with van der Waals surface area (Å²) in [5.74, 6) is 0. The zero-order valence-electron chi connectivity index (χ0n) is 6.84. The largest absolute Gasteiger partial charge is 0.320 e. The lowest BCUT2D eigenvalue weighted by atomic mass is 10.2. The van der Waals surface area contributed by atoms with E-state index in [2.05, 4.69) is 9.97 Å². The molecule has 0 saturated heterocycles. The minimum absolute atomic E-state index is 0.206. The molecule has 0 aromatic carbocycles. The topological polar surface area (TPSA) is 51.8 Å². The first-order valence-corrected chi connectivity index (χ1v) is 4.28. The standard InChI is InChI=1S/C8H10ClN3/c1-5-7(9)11-4-6(12-5)8(10)2-3-8/h4H,2-3,10H2,1H3. The molecule has 0 amide bonds. The molecular formula is C8H10ClN3. The van der Waals surface area contributed by atoms with Crippen LogP contribution in [-0.4, -0.2) is 9.97 Å².